The molecule has 1 aliphatic heterocycles. The van der Waals surface area contributed by atoms with Crippen LogP contribution in [0.15, 0.2) is 184 Å². The van der Waals surface area contributed by atoms with E-state index in [9.17, 15) is 0 Å². The van der Waals surface area contributed by atoms with Gasteiger partial charge in [0.2, 0.25) is 0 Å². The van der Waals surface area contributed by atoms with Crippen molar-refractivity contribution in [3.05, 3.63) is 181 Å². The van der Waals surface area contributed by atoms with Crippen LogP contribution < -0.4 is 4.90 Å². The molecule has 244 valence electrons. The lowest BCUT2D eigenvalue weighted by molar-refractivity contribution is 0.669. The van der Waals surface area contributed by atoms with Gasteiger partial charge in [0.05, 0.1) is 22.5 Å². The molecule has 1 aliphatic rings. The van der Waals surface area contributed by atoms with Gasteiger partial charge in [-0.2, -0.15) is 0 Å². The molecule has 0 N–H and O–H groups in total. The molecule has 0 amide bonds. The van der Waals surface area contributed by atoms with E-state index in [1.54, 1.807) is 0 Å². The minimum Gasteiger partial charge on any atom is -0.456 e. The fraction of sp³-hybridized carbons (Fsp3) is 0.0208. The molecule has 0 fully saturated rings. The second kappa shape index (κ2) is 11.3. The van der Waals surface area contributed by atoms with Gasteiger partial charge in [-0.1, -0.05) is 121 Å². The molecule has 0 radical (unpaired) electrons. The van der Waals surface area contributed by atoms with Crippen molar-refractivity contribution in [2.45, 2.75) is 6.42 Å². The molecule has 0 aliphatic carbocycles. The van der Waals surface area contributed by atoms with Gasteiger partial charge < -0.3 is 13.7 Å². The van der Waals surface area contributed by atoms with Gasteiger partial charge in [-0.05, 0) is 81.6 Å². The zero-order valence-electron chi connectivity index (χ0n) is 28.1. The third-order valence-corrected chi connectivity index (χ3v) is 10.5. The second-order valence-electron chi connectivity index (χ2n) is 13.5. The molecular formula is C48H30N2O2. The largest absolute Gasteiger partial charge is 0.456 e. The van der Waals surface area contributed by atoms with E-state index in [1.165, 1.54) is 27.5 Å². The highest BCUT2D eigenvalue weighted by atomic mass is 16.3. The number of rotatable bonds is 5. The molecule has 0 atom stereocenters. The lowest BCUT2D eigenvalue weighted by Crippen LogP contribution is -2.10. The third-order valence-electron chi connectivity index (χ3n) is 10.5. The summed E-state index contributed by atoms with van der Waals surface area (Å²) in [5.41, 5.74) is 13.2. The third kappa shape index (κ3) is 4.44. The maximum Gasteiger partial charge on any atom is 0.159 e. The highest BCUT2D eigenvalue weighted by Gasteiger charge is 2.25. The van der Waals surface area contributed by atoms with Gasteiger partial charge in [-0.3, -0.25) is 4.99 Å². The summed E-state index contributed by atoms with van der Waals surface area (Å²) < 4.78 is 13.1. The van der Waals surface area contributed by atoms with Crippen LogP contribution in [-0.2, 0) is 6.42 Å². The Kier molecular flexibility index (Phi) is 6.28. The lowest BCUT2D eigenvalue weighted by atomic mass is 9.98. The number of para-hydroxylation sites is 2. The summed E-state index contributed by atoms with van der Waals surface area (Å²) >= 11 is 0. The lowest BCUT2D eigenvalue weighted by Gasteiger charge is -2.26. The highest BCUT2D eigenvalue weighted by molar-refractivity contribution is 6.19. The van der Waals surface area contributed by atoms with Crippen LogP contribution >= 0.6 is 0 Å². The van der Waals surface area contributed by atoms with Crippen molar-refractivity contribution < 1.29 is 8.83 Å². The average Bonchev–Trinajstić information content (AvgIpc) is 3.92. The normalized spacial score (nSPS) is 12.7. The van der Waals surface area contributed by atoms with E-state index in [0.29, 0.717) is 0 Å². The monoisotopic (exact) mass is 666 g/mol. The number of fused-ring (bicyclic) bond motifs is 9. The molecular weight excluding hydrogens is 637 g/mol. The predicted molar refractivity (Wildman–Crippen MR) is 215 cm³/mol. The number of hydrogen-bond acceptors (Lipinski definition) is 4. The number of benzene rings is 8. The quantitative estimate of drug-likeness (QED) is 0.184. The average molecular weight is 667 g/mol. The van der Waals surface area contributed by atoms with Crippen LogP contribution in [-0.4, -0.2) is 5.71 Å². The van der Waals surface area contributed by atoms with E-state index >= 15 is 0 Å². The SMILES string of the molecule is c1ccc(C2=Nc3c(ccc4oc5c(N(c6ccc(-c7cccc8ccccc78)cc6)c6ccc7oc8ccccc8c7c6)cccc5c34)C2)cc1. The van der Waals surface area contributed by atoms with Gasteiger partial charge in [0.15, 0.2) is 5.58 Å². The number of anilines is 3. The van der Waals surface area contributed by atoms with Crippen LogP contribution in [0.5, 0.6) is 0 Å². The second-order valence-corrected chi connectivity index (χ2v) is 13.5. The first-order valence-electron chi connectivity index (χ1n) is 17.7. The van der Waals surface area contributed by atoms with E-state index in [4.69, 9.17) is 13.8 Å². The fourth-order valence-electron chi connectivity index (χ4n) is 8.05. The van der Waals surface area contributed by atoms with E-state index in [-0.39, 0.29) is 0 Å². The highest BCUT2D eigenvalue weighted by Crippen LogP contribution is 2.47. The summed E-state index contributed by atoms with van der Waals surface area (Å²) in [4.78, 5) is 7.52. The Morgan fingerprint density at radius 1 is 0.481 bits per heavy atom. The van der Waals surface area contributed by atoms with Gasteiger partial charge in [0.25, 0.3) is 0 Å². The summed E-state index contributed by atoms with van der Waals surface area (Å²) in [5, 5.41) is 6.75. The van der Waals surface area contributed by atoms with E-state index in [2.05, 4.69) is 157 Å². The molecule has 11 rings (SSSR count). The van der Waals surface area contributed by atoms with Crippen LogP contribution in [0.2, 0.25) is 0 Å². The van der Waals surface area contributed by atoms with Gasteiger partial charge in [-0.15, -0.1) is 0 Å². The summed E-state index contributed by atoms with van der Waals surface area (Å²) in [6, 6.07) is 59.8. The number of aliphatic imine (C=N–C) groups is 1. The Balaban J connectivity index is 1.11. The van der Waals surface area contributed by atoms with Crippen molar-refractivity contribution in [2.75, 3.05) is 4.90 Å². The van der Waals surface area contributed by atoms with E-state index in [0.717, 1.165) is 84.3 Å². The smallest absolute Gasteiger partial charge is 0.159 e. The number of nitrogens with zero attached hydrogens (tertiary/aromatic N) is 2. The van der Waals surface area contributed by atoms with Crippen LogP contribution in [0.3, 0.4) is 0 Å². The summed E-state index contributed by atoms with van der Waals surface area (Å²) in [6.45, 7) is 0. The van der Waals surface area contributed by atoms with Crippen molar-refractivity contribution in [3.8, 4) is 11.1 Å². The Morgan fingerprint density at radius 3 is 2.10 bits per heavy atom. The molecule has 4 nitrogen and oxygen atoms in total. The summed E-state index contributed by atoms with van der Waals surface area (Å²) in [5.74, 6) is 0. The molecule has 4 heteroatoms. The minimum atomic E-state index is 0.801. The molecule has 52 heavy (non-hydrogen) atoms. The van der Waals surface area contributed by atoms with Gasteiger partial charge in [0, 0.05) is 34.0 Å². The van der Waals surface area contributed by atoms with Gasteiger partial charge >= 0.3 is 0 Å². The van der Waals surface area contributed by atoms with Gasteiger partial charge in [-0.25, -0.2) is 0 Å². The van der Waals surface area contributed by atoms with E-state index < -0.39 is 0 Å². The topological polar surface area (TPSA) is 41.9 Å². The summed E-state index contributed by atoms with van der Waals surface area (Å²) in [6.07, 6.45) is 0.801. The van der Waals surface area contributed by atoms with Crippen molar-refractivity contribution in [3.63, 3.8) is 0 Å². The van der Waals surface area contributed by atoms with Crippen molar-refractivity contribution >= 4 is 83.1 Å². The van der Waals surface area contributed by atoms with Gasteiger partial charge in [0.1, 0.15) is 16.7 Å². The first-order chi connectivity index (χ1) is 25.8. The fourth-order valence-corrected chi connectivity index (χ4v) is 8.05. The molecule has 0 bridgehead atoms. The first kappa shape index (κ1) is 28.9. The van der Waals surface area contributed by atoms with Crippen LogP contribution in [0, 0.1) is 0 Å². The molecule has 2 aromatic heterocycles. The molecule has 8 aromatic carbocycles. The van der Waals surface area contributed by atoms with Crippen molar-refractivity contribution in [1.29, 1.82) is 0 Å². The summed E-state index contributed by atoms with van der Waals surface area (Å²) in [7, 11) is 0. The maximum absolute atomic E-state index is 6.83. The van der Waals surface area contributed by atoms with Crippen molar-refractivity contribution in [2.24, 2.45) is 4.99 Å². The Hall–Kier alpha value is -6.91. The zero-order chi connectivity index (χ0) is 34.2. The Bertz CT molecular complexity index is 3040. The van der Waals surface area contributed by atoms with Crippen LogP contribution in [0.1, 0.15) is 11.1 Å². The Morgan fingerprint density at radius 2 is 1.19 bits per heavy atom. The van der Waals surface area contributed by atoms with Crippen molar-refractivity contribution in [1.82, 2.24) is 0 Å². The zero-order valence-corrected chi connectivity index (χ0v) is 28.1. The maximum atomic E-state index is 6.83. The molecule has 0 unspecified atom stereocenters. The standard InChI is InChI=1S/C48H30N2O2/c1-2-11-32(12-3-1)41-28-33-22-26-45-46(47(33)49-41)39-17-9-18-42(48(39)52-45)50(35-25-27-44-40(29-35)38-15-6-7-19-43(38)51-44)34-23-20-31(21-24-34)37-16-8-13-30-10-4-5-14-36(30)37/h1-27,29H,28H2. The first-order valence-corrected chi connectivity index (χ1v) is 17.7. The number of hydrogen-bond donors (Lipinski definition) is 0. The molecule has 3 heterocycles. The number of furan rings is 2. The Labute approximate surface area is 299 Å². The molecule has 0 saturated heterocycles. The predicted octanol–water partition coefficient (Wildman–Crippen LogP) is 13.5. The minimum absolute atomic E-state index is 0.801. The van der Waals surface area contributed by atoms with E-state index in [1.807, 2.05) is 18.2 Å². The van der Waals surface area contributed by atoms with Crippen LogP contribution in [0.25, 0.3) is 65.8 Å². The molecule has 0 saturated carbocycles. The van der Waals surface area contributed by atoms with Crippen LogP contribution in [0.4, 0.5) is 22.7 Å². The molecule has 0 spiro atoms. The molecule has 10 aromatic rings.